The quantitative estimate of drug-likeness (QED) is 0.0938. The fraction of sp³-hybridized carbons (Fsp3) is 0.529. The number of benzene rings is 2. The van der Waals surface area contributed by atoms with Crippen molar-refractivity contribution in [2.24, 2.45) is 0 Å². The molecular weight excluding hydrogens is 502 g/mol. The maximum absolute atomic E-state index is 12.5. The van der Waals surface area contributed by atoms with Gasteiger partial charge in [-0.1, -0.05) is 94.0 Å². The topological polar surface area (TPSA) is 84.9 Å². The first-order valence-corrected chi connectivity index (χ1v) is 15.0. The SMILES string of the molecule is CCCCCC[C@H](C/C=C/CCCCCCCC(=O)NCc1ccc(O)c(OC)c1)OC(=O)Cc1ccccc1. The molecule has 2 aromatic rings. The lowest BCUT2D eigenvalue weighted by Crippen LogP contribution is -2.22. The molecule has 6 heteroatoms. The monoisotopic (exact) mass is 551 g/mol. The van der Waals surface area contributed by atoms with Gasteiger partial charge < -0.3 is 19.9 Å². The third-order valence-corrected chi connectivity index (χ3v) is 6.94. The average Bonchev–Trinajstić information content (AvgIpc) is 2.96. The predicted molar refractivity (Wildman–Crippen MR) is 161 cm³/mol. The van der Waals surface area contributed by atoms with Gasteiger partial charge in [-0.15, -0.1) is 0 Å². The summed E-state index contributed by atoms with van der Waals surface area (Å²) in [4.78, 5) is 24.6. The largest absolute Gasteiger partial charge is 0.504 e. The van der Waals surface area contributed by atoms with Crippen LogP contribution in [-0.2, 0) is 27.3 Å². The Kier molecular flexibility index (Phi) is 17.0. The summed E-state index contributed by atoms with van der Waals surface area (Å²) in [5.74, 6) is 0.402. The number of methoxy groups -OCH3 is 1. The molecule has 0 aliphatic heterocycles. The second-order valence-electron chi connectivity index (χ2n) is 10.4. The molecule has 0 heterocycles. The lowest BCUT2D eigenvalue weighted by atomic mass is 10.1. The summed E-state index contributed by atoms with van der Waals surface area (Å²) in [6, 6.07) is 14.9. The maximum atomic E-state index is 12.5. The van der Waals surface area contributed by atoms with E-state index in [-0.39, 0.29) is 23.7 Å². The van der Waals surface area contributed by atoms with Crippen molar-refractivity contribution in [1.82, 2.24) is 5.32 Å². The standard InChI is InChI=1S/C34H49NO5/c1-3-4-5-15-20-30(40-34(38)26-28-18-13-12-14-19-28)21-16-10-8-6-7-9-11-17-22-33(37)35-27-29-23-24-31(36)32(25-29)39-2/h10,12-14,16,18-19,23-25,30,36H,3-9,11,15,17,20-22,26-27H2,1-2H3,(H,35,37)/b16-10+/t30-/m1/s1. The Bertz CT molecular complexity index is 1000. The van der Waals surface area contributed by atoms with Crippen LogP contribution in [0.15, 0.2) is 60.7 Å². The lowest BCUT2D eigenvalue weighted by Gasteiger charge is -2.16. The first-order valence-electron chi connectivity index (χ1n) is 15.0. The Balaban J connectivity index is 1.56. The van der Waals surface area contributed by atoms with Crippen molar-refractivity contribution in [2.45, 2.75) is 109 Å². The molecular formula is C34H49NO5. The number of carbonyl (C=O) groups is 2. The lowest BCUT2D eigenvalue weighted by molar-refractivity contribution is -0.148. The van der Waals surface area contributed by atoms with Crippen LogP contribution in [0.5, 0.6) is 11.5 Å². The second kappa shape index (κ2) is 20.6. The smallest absolute Gasteiger partial charge is 0.310 e. The van der Waals surface area contributed by atoms with Gasteiger partial charge in [0.2, 0.25) is 5.91 Å². The molecule has 2 rings (SSSR count). The summed E-state index contributed by atoms with van der Waals surface area (Å²) < 4.78 is 10.9. The molecule has 0 radical (unpaired) electrons. The Hall–Kier alpha value is -3.28. The first kappa shape index (κ1) is 32.9. The summed E-state index contributed by atoms with van der Waals surface area (Å²) in [5.41, 5.74) is 1.88. The van der Waals surface area contributed by atoms with E-state index in [0.717, 1.165) is 68.9 Å². The molecule has 0 saturated heterocycles. The molecule has 0 aliphatic carbocycles. The fourth-order valence-electron chi connectivity index (χ4n) is 4.58. The van der Waals surface area contributed by atoms with Crippen molar-refractivity contribution < 1.29 is 24.2 Å². The highest BCUT2D eigenvalue weighted by Crippen LogP contribution is 2.26. The van der Waals surface area contributed by atoms with E-state index < -0.39 is 0 Å². The molecule has 1 atom stereocenters. The third-order valence-electron chi connectivity index (χ3n) is 6.94. The van der Waals surface area contributed by atoms with Gasteiger partial charge in [-0.05, 0) is 55.4 Å². The molecule has 6 nitrogen and oxygen atoms in total. The van der Waals surface area contributed by atoms with E-state index in [9.17, 15) is 14.7 Å². The van der Waals surface area contributed by atoms with Crippen molar-refractivity contribution in [3.63, 3.8) is 0 Å². The highest BCUT2D eigenvalue weighted by molar-refractivity contribution is 5.75. The Morgan fingerprint density at radius 3 is 2.42 bits per heavy atom. The number of aromatic hydroxyl groups is 1. The average molecular weight is 552 g/mol. The van der Waals surface area contributed by atoms with Crippen molar-refractivity contribution in [2.75, 3.05) is 7.11 Å². The van der Waals surface area contributed by atoms with Crippen LogP contribution in [0.2, 0.25) is 0 Å². The number of carbonyl (C=O) groups excluding carboxylic acids is 2. The highest BCUT2D eigenvalue weighted by atomic mass is 16.5. The van der Waals surface area contributed by atoms with E-state index in [0.29, 0.717) is 25.1 Å². The van der Waals surface area contributed by atoms with Crippen LogP contribution in [-0.4, -0.2) is 30.2 Å². The van der Waals surface area contributed by atoms with Crippen LogP contribution in [0.25, 0.3) is 0 Å². The van der Waals surface area contributed by atoms with Gasteiger partial charge in [0.15, 0.2) is 11.5 Å². The van der Waals surface area contributed by atoms with E-state index in [1.807, 2.05) is 30.3 Å². The van der Waals surface area contributed by atoms with Crippen LogP contribution < -0.4 is 10.1 Å². The van der Waals surface area contributed by atoms with Crippen molar-refractivity contribution in [3.8, 4) is 11.5 Å². The molecule has 0 saturated carbocycles. The summed E-state index contributed by atoms with van der Waals surface area (Å²) in [7, 11) is 1.51. The van der Waals surface area contributed by atoms with Gasteiger partial charge in [0.1, 0.15) is 6.10 Å². The van der Waals surface area contributed by atoms with E-state index in [1.54, 1.807) is 18.2 Å². The minimum Gasteiger partial charge on any atom is -0.504 e. The number of phenolic OH excluding ortho intramolecular Hbond substituents is 1. The van der Waals surface area contributed by atoms with Gasteiger partial charge >= 0.3 is 5.97 Å². The van der Waals surface area contributed by atoms with Crippen molar-refractivity contribution in [3.05, 3.63) is 71.8 Å². The van der Waals surface area contributed by atoms with E-state index in [2.05, 4.69) is 24.4 Å². The number of esters is 1. The van der Waals surface area contributed by atoms with Crippen LogP contribution in [0.4, 0.5) is 0 Å². The Morgan fingerprint density at radius 2 is 1.65 bits per heavy atom. The molecule has 0 aromatic heterocycles. The number of rotatable bonds is 21. The number of nitrogens with one attached hydrogen (secondary N) is 1. The molecule has 40 heavy (non-hydrogen) atoms. The normalized spacial score (nSPS) is 11.8. The summed E-state index contributed by atoms with van der Waals surface area (Å²) in [6.45, 7) is 2.63. The van der Waals surface area contributed by atoms with Crippen LogP contribution in [0.3, 0.4) is 0 Å². The molecule has 2 N–H and O–H groups in total. The number of hydrogen-bond acceptors (Lipinski definition) is 5. The van der Waals surface area contributed by atoms with E-state index in [4.69, 9.17) is 9.47 Å². The third kappa shape index (κ3) is 14.8. The zero-order valence-electron chi connectivity index (χ0n) is 24.5. The molecule has 1 amide bonds. The predicted octanol–water partition coefficient (Wildman–Crippen LogP) is 7.82. The Morgan fingerprint density at radius 1 is 0.900 bits per heavy atom. The molecule has 0 unspecified atom stereocenters. The van der Waals surface area contributed by atoms with Gasteiger partial charge in [-0.3, -0.25) is 9.59 Å². The van der Waals surface area contributed by atoms with E-state index >= 15 is 0 Å². The summed E-state index contributed by atoms with van der Waals surface area (Å²) in [5, 5.41) is 12.6. The molecule has 0 aliphatic rings. The second-order valence-corrected chi connectivity index (χ2v) is 10.4. The van der Waals surface area contributed by atoms with Gasteiger partial charge in [0, 0.05) is 19.4 Å². The van der Waals surface area contributed by atoms with Crippen molar-refractivity contribution in [1.29, 1.82) is 0 Å². The van der Waals surface area contributed by atoms with Crippen molar-refractivity contribution >= 4 is 11.9 Å². The van der Waals surface area contributed by atoms with Crippen LogP contribution >= 0.6 is 0 Å². The zero-order valence-corrected chi connectivity index (χ0v) is 24.5. The number of ether oxygens (including phenoxy) is 2. The Labute approximate surface area is 241 Å². The summed E-state index contributed by atoms with van der Waals surface area (Å²) >= 11 is 0. The minimum absolute atomic E-state index is 0.0451. The van der Waals surface area contributed by atoms with Crippen LogP contribution in [0, 0.1) is 0 Å². The summed E-state index contributed by atoms with van der Waals surface area (Å²) in [6.07, 6.45) is 17.9. The molecule has 0 spiro atoms. The number of amides is 1. The number of phenols is 1. The maximum Gasteiger partial charge on any atom is 0.310 e. The fourth-order valence-corrected chi connectivity index (χ4v) is 4.58. The van der Waals surface area contributed by atoms with Crippen LogP contribution in [0.1, 0.15) is 102 Å². The van der Waals surface area contributed by atoms with Gasteiger partial charge in [0.05, 0.1) is 13.5 Å². The molecule has 0 bridgehead atoms. The highest BCUT2D eigenvalue weighted by Gasteiger charge is 2.13. The van der Waals surface area contributed by atoms with Gasteiger partial charge in [-0.25, -0.2) is 0 Å². The zero-order chi connectivity index (χ0) is 28.8. The number of hydrogen-bond donors (Lipinski definition) is 2. The van der Waals surface area contributed by atoms with Gasteiger partial charge in [0.25, 0.3) is 0 Å². The minimum atomic E-state index is -0.144. The molecule has 220 valence electrons. The molecule has 2 aromatic carbocycles. The molecule has 0 fully saturated rings. The van der Waals surface area contributed by atoms with Gasteiger partial charge in [-0.2, -0.15) is 0 Å². The van der Waals surface area contributed by atoms with E-state index in [1.165, 1.54) is 26.4 Å². The number of allylic oxidation sites excluding steroid dienone is 1. The number of unbranched alkanes of at least 4 members (excludes halogenated alkanes) is 8. The first-order chi connectivity index (χ1) is 19.5.